The summed E-state index contributed by atoms with van der Waals surface area (Å²) < 4.78 is 1.73. The second kappa shape index (κ2) is 5.70. The molecule has 0 fully saturated rings. The molecule has 0 radical (unpaired) electrons. The van der Waals surface area contributed by atoms with Crippen molar-refractivity contribution in [3.05, 3.63) is 33.9 Å². The standard InChI is InChI=1S/C14H19ClN4/c1-5-6-7-12-11(4)16-14(17-13(12)15)19-10(3)8-9(2)18-19/h8H,5-7H2,1-4H3. The Morgan fingerprint density at radius 2 is 1.95 bits per heavy atom. The number of aryl methyl sites for hydroxylation is 3. The molecule has 4 nitrogen and oxygen atoms in total. The van der Waals surface area contributed by atoms with E-state index in [1.54, 1.807) is 4.68 Å². The lowest BCUT2D eigenvalue weighted by molar-refractivity contribution is 0.745. The van der Waals surface area contributed by atoms with Crippen molar-refractivity contribution < 1.29 is 0 Å². The van der Waals surface area contributed by atoms with E-state index in [0.717, 1.165) is 41.9 Å². The zero-order valence-electron chi connectivity index (χ0n) is 11.9. The van der Waals surface area contributed by atoms with Gasteiger partial charge in [0.25, 0.3) is 5.95 Å². The molecule has 0 bridgehead atoms. The fourth-order valence-corrected chi connectivity index (χ4v) is 2.42. The molecule has 0 atom stereocenters. The van der Waals surface area contributed by atoms with Crippen molar-refractivity contribution in [1.29, 1.82) is 0 Å². The Labute approximate surface area is 118 Å². The number of nitrogens with zero attached hydrogens (tertiary/aromatic N) is 4. The fourth-order valence-electron chi connectivity index (χ4n) is 2.11. The van der Waals surface area contributed by atoms with Crippen LogP contribution in [-0.2, 0) is 6.42 Å². The van der Waals surface area contributed by atoms with Gasteiger partial charge in [-0.2, -0.15) is 10.1 Å². The predicted octanol–water partition coefficient (Wildman–Crippen LogP) is 3.58. The van der Waals surface area contributed by atoms with E-state index in [0.29, 0.717) is 11.1 Å². The first-order chi connectivity index (χ1) is 9.02. The molecule has 0 spiro atoms. The van der Waals surface area contributed by atoms with Gasteiger partial charge in [0.2, 0.25) is 0 Å². The number of aromatic nitrogens is 4. The van der Waals surface area contributed by atoms with Gasteiger partial charge in [-0.05, 0) is 39.7 Å². The van der Waals surface area contributed by atoms with E-state index in [1.165, 1.54) is 0 Å². The topological polar surface area (TPSA) is 43.6 Å². The normalized spacial score (nSPS) is 11.0. The van der Waals surface area contributed by atoms with E-state index in [4.69, 9.17) is 11.6 Å². The van der Waals surface area contributed by atoms with E-state index >= 15 is 0 Å². The largest absolute Gasteiger partial charge is 0.252 e. The molecule has 0 amide bonds. The van der Waals surface area contributed by atoms with Crippen LogP contribution in [0.1, 0.15) is 42.4 Å². The van der Waals surface area contributed by atoms with Crippen LogP contribution in [0.5, 0.6) is 0 Å². The maximum absolute atomic E-state index is 6.29. The monoisotopic (exact) mass is 278 g/mol. The molecule has 2 aromatic rings. The molecule has 2 heterocycles. The summed E-state index contributed by atoms with van der Waals surface area (Å²) in [6.45, 7) is 8.08. The number of hydrogen-bond acceptors (Lipinski definition) is 3. The Balaban J connectivity index is 2.42. The molecule has 0 unspecified atom stereocenters. The van der Waals surface area contributed by atoms with Gasteiger partial charge in [0, 0.05) is 17.0 Å². The van der Waals surface area contributed by atoms with Crippen LogP contribution < -0.4 is 0 Å². The molecular formula is C14H19ClN4. The van der Waals surface area contributed by atoms with E-state index < -0.39 is 0 Å². The van der Waals surface area contributed by atoms with Gasteiger partial charge in [0.15, 0.2) is 0 Å². The molecule has 0 aliphatic heterocycles. The van der Waals surface area contributed by atoms with Crippen molar-refractivity contribution in [3.63, 3.8) is 0 Å². The first-order valence-corrected chi connectivity index (χ1v) is 6.97. The molecule has 0 saturated carbocycles. The van der Waals surface area contributed by atoms with Crippen LogP contribution in [0.15, 0.2) is 6.07 Å². The average Bonchev–Trinajstić information content (AvgIpc) is 2.67. The van der Waals surface area contributed by atoms with Gasteiger partial charge in [0.05, 0.1) is 5.69 Å². The van der Waals surface area contributed by atoms with Gasteiger partial charge in [-0.15, -0.1) is 0 Å². The minimum Gasteiger partial charge on any atom is -0.216 e. The first-order valence-electron chi connectivity index (χ1n) is 6.59. The summed E-state index contributed by atoms with van der Waals surface area (Å²) in [5.41, 5.74) is 3.95. The minimum absolute atomic E-state index is 0.545. The SMILES string of the molecule is CCCCc1c(C)nc(-n2nc(C)cc2C)nc1Cl. The third-order valence-corrected chi connectivity index (χ3v) is 3.44. The lowest BCUT2D eigenvalue weighted by atomic mass is 10.1. The quantitative estimate of drug-likeness (QED) is 0.803. The summed E-state index contributed by atoms with van der Waals surface area (Å²) in [5, 5.41) is 4.93. The molecular weight excluding hydrogens is 260 g/mol. The van der Waals surface area contributed by atoms with Crippen LogP contribution in [0.3, 0.4) is 0 Å². The Kier molecular flexibility index (Phi) is 4.20. The summed E-state index contributed by atoms with van der Waals surface area (Å²) in [5.74, 6) is 0.549. The number of rotatable bonds is 4. The smallest absolute Gasteiger partial charge is 0.216 e. The van der Waals surface area contributed by atoms with Crippen molar-refractivity contribution in [2.24, 2.45) is 0 Å². The van der Waals surface area contributed by atoms with Gasteiger partial charge in [-0.25, -0.2) is 9.67 Å². The second-order valence-electron chi connectivity index (χ2n) is 4.82. The molecule has 0 aromatic carbocycles. The molecule has 102 valence electrons. The summed E-state index contributed by atoms with van der Waals surface area (Å²) >= 11 is 6.29. The van der Waals surface area contributed by atoms with Gasteiger partial charge in [-0.1, -0.05) is 24.9 Å². The summed E-state index contributed by atoms with van der Waals surface area (Å²) in [4.78, 5) is 8.92. The van der Waals surface area contributed by atoms with Gasteiger partial charge in [-0.3, -0.25) is 0 Å². The van der Waals surface area contributed by atoms with E-state index in [-0.39, 0.29) is 0 Å². The molecule has 5 heteroatoms. The third kappa shape index (κ3) is 2.95. The molecule has 2 aromatic heterocycles. The molecule has 0 aliphatic carbocycles. The number of halogens is 1. The Morgan fingerprint density at radius 3 is 2.47 bits per heavy atom. The Morgan fingerprint density at radius 1 is 1.21 bits per heavy atom. The average molecular weight is 279 g/mol. The second-order valence-corrected chi connectivity index (χ2v) is 5.18. The number of unbranched alkanes of at least 4 members (excludes halogenated alkanes) is 1. The summed E-state index contributed by atoms with van der Waals surface area (Å²) in [7, 11) is 0. The highest BCUT2D eigenvalue weighted by molar-refractivity contribution is 6.30. The van der Waals surface area contributed by atoms with Gasteiger partial charge in [0.1, 0.15) is 5.15 Å². The minimum atomic E-state index is 0.545. The maximum Gasteiger partial charge on any atom is 0.252 e. The molecule has 0 saturated heterocycles. The van der Waals surface area contributed by atoms with Crippen LogP contribution in [0.25, 0.3) is 5.95 Å². The van der Waals surface area contributed by atoms with Gasteiger partial charge < -0.3 is 0 Å². The van der Waals surface area contributed by atoms with Crippen molar-refractivity contribution in [3.8, 4) is 5.95 Å². The first kappa shape index (κ1) is 14.0. The zero-order valence-corrected chi connectivity index (χ0v) is 12.6. The highest BCUT2D eigenvalue weighted by Crippen LogP contribution is 2.20. The van der Waals surface area contributed by atoms with Crippen molar-refractivity contribution in [2.45, 2.75) is 47.0 Å². The van der Waals surface area contributed by atoms with E-state index in [2.05, 4.69) is 22.0 Å². The predicted molar refractivity (Wildman–Crippen MR) is 77.0 cm³/mol. The van der Waals surface area contributed by atoms with Crippen LogP contribution in [0.2, 0.25) is 5.15 Å². The summed E-state index contributed by atoms with van der Waals surface area (Å²) in [6, 6.07) is 2.00. The van der Waals surface area contributed by atoms with Crippen LogP contribution in [0.4, 0.5) is 0 Å². The van der Waals surface area contributed by atoms with Crippen LogP contribution in [0, 0.1) is 20.8 Å². The van der Waals surface area contributed by atoms with Crippen molar-refractivity contribution in [1.82, 2.24) is 19.7 Å². The highest BCUT2D eigenvalue weighted by atomic mass is 35.5. The zero-order chi connectivity index (χ0) is 14.0. The van der Waals surface area contributed by atoms with Crippen molar-refractivity contribution >= 4 is 11.6 Å². The fraction of sp³-hybridized carbons (Fsp3) is 0.500. The van der Waals surface area contributed by atoms with E-state index in [1.807, 2.05) is 26.8 Å². The van der Waals surface area contributed by atoms with Crippen LogP contribution in [-0.4, -0.2) is 19.7 Å². The highest BCUT2D eigenvalue weighted by Gasteiger charge is 2.13. The summed E-state index contributed by atoms with van der Waals surface area (Å²) in [6.07, 6.45) is 3.16. The number of hydrogen-bond donors (Lipinski definition) is 0. The molecule has 19 heavy (non-hydrogen) atoms. The third-order valence-electron chi connectivity index (χ3n) is 3.13. The van der Waals surface area contributed by atoms with Crippen LogP contribution >= 0.6 is 11.6 Å². The molecule has 0 N–H and O–H groups in total. The molecule has 0 aliphatic rings. The van der Waals surface area contributed by atoms with Gasteiger partial charge >= 0.3 is 0 Å². The Hall–Kier alpha value is -1.42. The van der Waals surface area contributed by atoms with Crippen molar-refractivity contribution in [2.75, 3.05) is 0 Å². The maximum atomic E-state index is 6.29. The Bertz CT molecular complexity index is 566. The van der Waals surface area contributed by atoms with E-state index in [9.17, 15) is 0 Å². The molecule has 2 rings (SSSR count). The lowest BCUT2D eigenvalue weighted by Gasteiger charge is -2.09. The lowest BCUT2D eigenvalue weighted by Crippen LogP contribution is -2.09.